The zero-order valence-electron chi connectivity index (χ0n) is 7.90. The minimum Gasteiger partial charge on any atom is -0.481 e. The van der Waals surface area contributed by atoms with Crippen LogP contribution < -0.4 is 9.64 Å². The van der Waals surface area contributed by atoms with Gasteiger partial charge < -0.3 is 14.7 Å². The maximum absolute atomic E-state index is 8.74. The number of hydrogen-bond donors (Lipinski definition) is 1. The lowest BCUT2D eigenvalue weighted by Gasteiger charge is -2.17. The van der Waals surface area contributed by atoms with Crippen molar-refractivity contribution in [2.45, 2.75) is 0 Å². The quantitative estimate of drug-likeness (QED) is 0.737. The number of aliphatic hydroxyl groups excluding tert-OH is 1. The highest BCUT2D eigenvalue weighted by molar-refractivity contribution is 5.47. The van der Waals surface area contributed by atoms with Crippen molar-refractivity contribution in [3.63, 3.8) is 0 Å². The van der Waals surface area contributed by atoms with Crippen molar-refractivity contribution in [1.82, 2.24) is 4.98 Å². The zero-order valence-corrected chi connectivity index (χ0v) is 7.90. The largest absolute Gasteiger partial charge is 0.481 e. The molecular formula is C9H14N2O2. The lowest BCUT2D eigenvalue weighted by atomic mass is 10.3. The number of methoxy groups -OCH3 is 1. The fourth-order valence-electron chi connectivity index (χ4n) is 1.03. The Morgan fingerprint density at radius 2 is 2.38 bits per heavy atom. The molecule has 0 atom stereocenters. The molecule has 72 valence electrons. The third-order valence-corrected chi connectivity index (χ3v) is 1.80. The molecule has 4 heteroatoms. The predicted octanol–water partition coefficient (Wildman–Crippen LogP) is 0.519. The SMILES string of the molecule is COc1cc(N(C)CCO)ccn1. The summed E-state index contributed by atoms with van der Waals surface area (Å²) in [7, 11) is 3.49. The first kappa shape index (κ1) is 9.80. The van der Waals surface area contributed by atoms with Crippen molar-refractivity contribution in [2.24, 2.45) is 0 Å². The Morgan fingerprint density at radius 3 is 3.00 bits per heavy atom. The van der Waals surface area contributed by atoms with Gasteiger partial charge in [0.1, 0.15) is 0 Å². The summed E-state index contributed by atoms with van der Waals surface area (Å²) >= 11 is 0. The van der Waals surface area contributed by atoms with E-state index in [-0.39, 0.29) is 6.61 Å². The molecule has 1 aromatic heterocycles. The van der Waals surface area contributed by atoms with Gasteiger partial charge in [0.2, 0.25) is 5.88 Å². The normalized spacial score (nSPS) is 9.77. The maximum Gasteiger partial charge on any atom is 0.214 e. The molecule has 0 fully saturated rings. The molecule has 1 rings (SSSR count). The van der Waals surface area contributed by atoms with E-state index in [0.29, 0.717) is 12.4 Å². The zero-order chi connectivity index (χ0) is 9.68. The third-order valence-electron chi connectivity index (χ3n) is 1.80. The fourth-order valence-corrected chi connectivity index (χ4v) is 1.03. The Kier molecular flexibility index (Phi) is 3.52. The molecule has 4 nitrogen and oxygen atoms in total. The topological polar surface area (TPSA) is 45.6 Å². The monoisotopic (exact) mass is 182 g/mol. The number of aromatic nitrogens is 1. The van der Waals surface area contributed by atoms with Gasteiger partial charge in [-0.15, -0.1) is 0 Å². The van der Waals surface area contributed by atoms with Crippen LogP contribution in [0, 0.1) is 0 Å². The van der Waals surface area contributed by atoms with Gasteiger partial charge in [-0.2, -0.15) is 0 Å². The van der Waals surface area contributed by atoms with Crippen LogP contribution in [0.25, 0.3) is 0 Å². The molecule has 0 spiro atoms. The Hall–Kier alpha value is -1.29. The summed E-state index contributed by atoms with van der Waals surface area (Å²) in [5.41, 5.74) is 0.987. The molecular weight excluding hydrogens is 168 g/mol. The number of likely N-dealkylation sites (N-methyl/N-ethyl adjacent to an activating group) is 1. The Morgan fingerprint density at radius 1 is 1.62 bits per heavy atom. The van der Waals surface area contributed by atoms with Gasteiger partial charge in [0, 0.05) is 31.5 Å². The summed E-state index contributed by atoms with van der Waals surface area (Å²) in [6.07, 6.45) is 1.68. The second-order valence-electron chi connectivity index (χ2n) is 2.70. The molecule has 0 aliphatic rings. The van der Waals surface area contributed by atoms with Crippen molar-refractivity contribution in [1.29, 1.82) is 0 Å². The van der Waals surface area contributed by atoms with Crippen LogP contribution in [0.4, 0.5) is 5.69 Å². The number of aliphatic hydroxyl groups is 1. The number of rotatable bonds is 4. The smallest absolute Gasteiger partial charge is 0.214 e. The van der Waals surface area contributed by atoms with E-state index in [0.717, 1.165) is 5.69 Å². The Bertz CT molecular complexity index is 266. The van der Waals surface area contributed by atoms with Crippen LogP contribution in [0.5, 0.6) is 5.88 Å². The van der Waals surface area contributed by atoms with Crippen LogP contribution in [0.15, 0.2) is 18.3 Å². The number of anilines is 1. The average Bonchev–Trinajstić information content (AvgIpc) is 2.18. The van der Waals surface area contributed by atoms with Crippen LogP contribution in [-0.4, -0.2) is 37.4 Å². The summed E-state index contributed by atoms with van der Waals surface area (Å²) in [6, 6.07) is 3.70. The van der Waals surface area contributed by atoms with E-state index in [2.05, 4.69) is 4.98 Å². The molecule has 0 aliphatic carbocycles. The van der Waals surface area contributed by atoms with E-state index < -0.39 is 0 Å². The minimum absolute atomic E-state index is 0.140. The number of nitrogens with zero attached hydrogens (tertiary/aromatic N) is 2. The average molecular weight is 182 g/mol. The lowest BCUT2D eigenvalue weighted by molar-refractivity contribution is 0.304. The fraction of sp³-hybridized carbons (Fsp3) is 0.444. The molecule has 0 saturated heterocycles. The van der Waals surface area contributed by atoms with Gasteiger partial charge >= 0.3 is 0 Å². The lowest BCUT2D eigenvalue weighted by Crippen LogP contribution is -2.21. The molecule has 0 amide bonds. The number of pyridine rings is 1. The second kappa shape index (κ2) is 4.67. The van der Waals surface area contributed by atoms with E-state index in [1.165, 1.54) is 0 Å². The van der Waals surface area contributed by atoms with Crippen molar-refractivity contribution < 1.29 is 9.84 Å². The molecule has 0 radical (unpaired) electrons. The summed E-state index contributed by atoms with van der Waals surface area (Å²) in [5.74, 6) is 0.585. The van der Waals surface area contributed by atoms with Gasteiger partial charge in [0.05, 0.1) is 13.7 Å². The van der Waals surface area contributed by atoms with Crippen LogP contribution in [0.1, 0.15) is 0 Å². The second-order valence-corrected chi connectivity index (χ2v) is 2.70. The summed E-state index contributed by atoms with van der Waals surface area (Å²) in [4.78, 5) is 5.92. The van der Waals surface area contributed by atoms with Crippen LogP contribution in [0.2, 0.25) is 0 Å². The number of hydrogen-bond acceptors (Lipinski definition) is 4. The van der Waals surface area contributed by atoms with Crippen LogP contribution in [-0.2, 0) is 0 Å². The van der Waals surface area contributed by atoms with Gasteiger partial charge in [-0.25, -0.2) is 4.98 Å². The minimum atomic E-state index is 0.140. The first-order chi connectivity index (χ1) is 6.27. The van der Waals surface area contributed by atoms with Crippen molar-refractivity contribution in [2.75, 3.05) is 32.2 Å². The molecule has 0 bridgehead atoms. The molecule has 0 aliphatic heterocycles. The Labute approximate surface area is 77.8 Å². The summed E-state index contributed by atoms with van der Waals surface area (Å²) in [5, 5.41) is 8.74. The highest BCUT2D eigenvalue weighted by Gasteiger charge is 2.01. The van der Waals surface area contributed by atoms with Gasteiger partial charge in [-0.05, 0) is 6.07 Å². The molecule has 0 aromatic carbocycles. The molecule has 0 saturated carbocycles. The standard InChI is InChI=1S/C9H14N2O2/c1-11(5-6-12)8-3-4-10-9(7-8)13-2/h3-4,7,12H,5-6H2,1-2H3. The summed E-state index contributed by atoms with van der Waals surface area (Å²) in [6.45, 7) is 0.744. The van der Waals surface area contributed by atoms with Gasteiger partial charge in [-0.1, -0.05) is 0 Å². The third kappa shape index (κ3) is 2.59. The van der Waals surface area contributed by atoms with Gasteiger partial charge in [0.25, 0.3) is 0 Å². The van der Waals surface area contributed by atoms with Gasteiger partial charge in [0.15, 0.2) is 0 Å². The van der Waals surface area contributed by atoms with Crippen molar-refractivity contribution in [3.8, 4) is 5.88 Å². The highest BCUT2D eigenvalue weighted by atomic mass is 16.5. The van der Waals surface area contributed by atoms with E-state index in [1.54, 1.807) is 13.3 Å². The van der Waals surface area contributed by atoms with E-state index in [4.69, 9.17) is 9.84 Å². The molecule has 13 heavy (non-hydrogen) atoms. The van der Waals surface area contributed by atoms with Gasteiger partial charge in [-0.3, -0.25) is 0 Å². The van der Waals surface area contributed by atoms with E-state index >= 15 is 0 Å². The predicted molar refractivity (Wildman–Crippen MR) is 51.1 cm³/mol. The van der Waals surface area contributed by atoms with Crippen molar-refractivity contribution >= 4 is 5.69 Å². The molecule has 0 unspecified atom stereocenters. The first-order valence-electron chi connectivity index (χ1n) is 4.10. The van der Waals surface area contributed by atoms with Crippen LogP contribution >= 0.6 is 0 Å². The summed E-state index contributed by atoms with van der Waals surface area (Å²) < 4.78 is 4.98. The van der Waals surface area contributed by atoms with Crippen LogP contribution in [0.3, 0.4) is 0 Å². The van der Waals surface area contributed by atoms with E-state index in [1.807, 2.05) is 24.1 Å². The molecule has 1 heterocycles. The maximum atomic E-state index is 8.74. The number of ether oxygens (including phenoxy) is 1. The molecule has 1 aromatic rings. The first-order valence-corrected chi connectivity index (χ1v) is 4.10. The highest BCUT2D eigenvalue weighted by Crippen LogP contribution is 2.16. The molecule has 1 N–H and O–H groups in total. The Balaban J connectivity index is 2.75. The van der Waals surface area contributed by atoms with E-state index in [9.17, 15) is 0 Å². The van der Waals surface area contributed by atoms with Crippen molar-refractivity contribution in [3.05, 3.63) is 18.3 Å².